The molecule has 1 fully saturated rings. The molecule has 1 aliphatic rings. The third kappa shape index (κ3) is 4.43. The van der Waals surface area contributed by atoms with Crippen molar-refractivity contribution in [1.29, 1.82) is 0 Å². The van der Waals surface area contributed by atoms with Gasteiger partial charge in [0, 0.05) is 12.1 Å². The molecule has 1 rings (SSSR count). The summed E-state index contributed by atoms with van der Waals surface area (Å²) in [6.07, 6.45) is 4.67. The molecular weight excluding hydrogens is 254 g/mol. The van der Waals surface area contributed by atoms with Crippen LogP contribution in [0.15, 0.2) is 0 Å². The normalized spacial score (nSPS) is 18.9. The highest BCUT2D eigenvalue weighted by Gasteiger charge is 2.39. The van der Waals surface area contributed by atoms with Crippen LogP contribution in [-0.2, 0) is 9.53 Å². The van der Waals surface area contributed by atoms with Crippen LogP contribution in [-0.4, -0.2) is 75.2 Å². The molecule has 1 saturated carbocycles. The predicted octanol–water partition coefficient (Wildman–Crippen LogP) is 0.944. The lowest BCUT2D eigenvalue weighted by atomic mass is 9.75. The van der Waals surface area contributed by atoms with Crippen LogP contribution in [0.1, 0.15) is 32.6 Å². The Hall–Kier alpha value is -0.650. The summed E-state index contributed by atoms with van der Waals surface area (Å²) >= 11 is 0. The third-order valence-electron chi connectivity index (χ3n) is 4.53. The van der Waals surface area contributed by atoms with Crippen molar-refractivity contribution in [2.45, 2.75) is 44.2 Å². The van der Waals surface area contributed by atoms with E-state index in [0.29, 0.717) is 5.54 Å². The number of carbonyl (C=O) groups excluding carboxylic acids is 1. The SMILES string of the molecule is CCNC(CCN(C)CC1(N(C)C)CCC1)C(=O)OC. The fourth-order valence-electron chi connectivity index (χ4n) is 2.95. The zero-order valence-corrected chi connectivity index (χ0v) is 13.7. The lowest BCUT2D eigenvalue weighted by Crippen LogP contribution is -2.57. The van der Waals surface area contributed by atoms with Crippen LogP contribution in [0.25, 0.3) is 0 Å². The van der Waals surface area contributed by atoms with E-state index >= 15 is 0 Å². The van der Waals surface area contributed by atoms with Gasteiger partial charge in [-0.15, -0.1) is 0 Å². The Morgan fingerprint density at radius 1 is 1.35 bits per heavy atom. The second-order valence-electron chi connectivity index (χ2n) is 6.13. The summed E-state index contributed by atoms with van der Waals surface area (Å²) in [5.41, 5.74) is 0.341. The molecule has 0 heterocycles. The van der Waals surface area contributed by atoms with Crippen molar-refractivity contribution in [1.82, 2.24) is 15.1 Å². The van der Waals surface area contributed by atoms with Crippen molar-refractivity contribution in [3.63, 3.8) is 0 Å². The number of methoxy groups -OCH3 is 1. The number of nitrogens with one attached hydrogen (secondary N) is 1. The predicted molar refractivity (Wildman–Crippen MR) is 81.9 cm³/mol. The first-order valence-corrected chi connectivity index (χ1v) is 7.62. The Kier molecular flexibility index (Phi) is 6.92. The van der Waals surface area contributed by atoms with E-state index in [0.717, 1.165) is 26.1 Å². The molecule has 0 aromatic rings. The minimum atomic E-state index is -0.191. The molecule has 1 unspecified atom stereocenters. The number of rotatable bonds is 9. The largest absolute Gasteiger partial charge is 0.468 e. The monoisotopic (exact) mass is 285 g/mol. The molecule has 1 N–H and O–H groups in total. The lowest BCUT2D eigenvalue weighted by molar-refractivity contribution is -0.143. The zero-order valence-electron chi connectivity index (χ0n) is 13.7. The van der Waals surface area contributed by atoms with Gasteiger partial charge in [0.15, 0.2) is 0 Å². The van der Waals surface area contributed by atoms with Gasteiger partial charge in [-0.3, -0.25) is 4.79 Å². The minimum absolute atomic E-state index is 0.161. The van der Waals surface area contributed by atoms with Crippen molar-refractivity contribution in [2.24, 2.45) is 0 Å². The van der Waals surface area contributed by atoms with Crippen LogP contribution in [0.4, 0.5) is 0 Å². The molecule has 0 amide bonds. The van der Waals surface area contributed by atoms with E-state index in [9.17, 15) is 4.79 Å². The molecule has 0 radical (unpaired) electrons. The van der Waals surface area contributed by atoms with Crippen LogP contribution in [0.3, 0.4) is 0 Å². The summed E-state index contributed by atoms with van der Waals surface area (Å²) in [4.78, 5) is 16.4. The van der Waals surface area contributed by atoms with Crippen molar-refractivity contribution in [3.05, 3.63) is 0 Å². The Labute approximate surface area is 123 Å². The maximum atomic E-state index is 11.7. The second-order valence-corrected chi connectivity index (χ2v) is 6.13. The van der Waals surface area contributed by atoms with E-state index in [-0.39, 0.29) is 12.0 Å². The molecule has 0 aromatic heterocycles. The van der Waals surface area contributed by atoms with E-state index in [1.807, 2.05) is 6.92 Å². The first-order valence-electron chi connectivity index (χ1n) is 7.62. The topological polar surface area (TPSA) is 44.8 Å². The Balaban J connectivity index is 2.41. The van der Waals surface area contributed by atoms with Crippen LogP contribution in [0.2, 0.25) is 0 Å². The number of nitrogens with zero attached hydrogens (tertiary/aromatic N) is 2. The first kappa shape index (κ1) is 17.4. The van der Waals surface area contributed by atoms with Crippen molar-refractivity contribution < 1.29 is 9.53 Å². The summed E-state index contributed by atoms with van der Waals surface area (Å²) in [5, 5.41) is 3.19. The van der Waals surface area contributed by atoms with Crippen molar-refractivity contribution in [3.8, 4) is 0 Å². The van der Waals surface area contributed by atoms with Gasteiger partial charge < -0.3 is 19.9 Å². The molecule has 5 heteroatoms. The van der Waals surface area contributed by atoms with Crippen molar-refractivity contribution >= 4 is 5.97 Å². The van der Waals surface area contributed by atoms with Gasteiger partial charge in [0.25, 0.3) is 0 Å². The van der Waals surface area contributed by atoms with Crippen LogP contribution < -0.4 is 5.32 Å². The van der Waals surface area contributed by atoms with Crippen LogP contribution in [0, 0.1) is 0 Å². The van der Waals surface area contributed by atoms with E-state index in [1.165, 1.54) is 26.4 Å². The van der Waals surface area contributed by atoms with E-state index in [2.05, 4.69) is 36.3 Å². The standard InChI is InChI=1S/C15H31N3O2/c1-6-16-13(14(19)20-5)8-11-18(4)12-15(17(2)3)9-7-10-15/h13,16H,6-12H2,1-5H3. The molecule has 0 spiro atoms. The van der Waals surface area contributed by atoms with Gasteiger partial charge in [-0.1, -0.05) is 6.92 Å². The number of hydrogen-bond donors (Lipinski definition) is 1. The molecule has 5 nitrogen and oxygen atoms in total. The average molecular weight is 285 g/mol. The molecule has 0 saturated heterocycles. The number of likely N-dealkylation sites (N-methyl/N-ethyl adjacent to an activating group) is 3. The number of hydrogen-bond acceptors (Lipinski definition) is 5. The molecule has 118 valence electrons. The molecule has 1 atom stereocenters. The summed E-state index contributed by atoms with van der Waals surface area (Å²) in [5.74, 6) is -0.161. The zero-order chi connectivity index (χ0) is 15.2. The molecule has 0 bridgehead atoms. The minimum Gasteiger partial charge on any atom is -0.468 e. The van der Waals surface area contributed by atoms with Gasteiger partial charge in [0.2, 0.25) is 0 Å². The summed E-state index contributed by atoms with van der Waals surface area (Å²) < 4.78 is 4.84. The van der Waals surface area contributed by atoms with Gasteiger partial charge in [0.1, 0.15) is 6.04 Å². The second kappa shape index (κ2) is 7.96. The number of esters is 1. The van der Waals surface area contributed by atoms with E-state index in [4.69, 9.17) is 4.74 Å². The highest BCUT2D eigenvalue weighted by Crippen LogP contribution is 2.36. The van der Waals surface area contributed by atoms with Crippen molar-refractivity contribution in [2.75, 3.05) is 47.9 Å². The summed E-state index contributed by atoms with van der Waals surface area (Å²) in [7, 11) is 7.93. The fraction of sp³-hybridized carbons (Fsp3) is 0.933. The highest BCUT2D eigenvalue weighted by atomic mass is 16.5. The van der Waals surface area contributed by atoms with E-state index in [1.54, 1.807) is 0 Å². The van der Waals surface area contributed by atoms with Crippen LogP contribution in [0.5, 0.6) is 0 Å². The Morgan fingerprint density at radius 2 is 2.00 bits per heavy atom. The highest BCUT2D eigenvalue weighted by molar-refractivity contribution is 5.75. The molecule has 20 heavy (non-hydrogen) atoms. The van der Waals surface area contributed by atoms with Gasteiger partial charge in [-0.05, 0) is 59.9 Å². The third-order valence-corrected chi connectivity index (χ3v) is 4.53. The van der Waals surface area contributed by atoms with Gasteiger partial charge >= 0.3 is 5.97 Å². The lowest BCUT2D eigenvalue weighted by Gasteiger charge is -2.49. The first-order chi connectivity index (χ1) is 9.45. The molecule has 0 aliphatic heterocycles. The molecular formula is C15H31N3O2. The summed E-state index contributed by atoms with van der Waals surface area (Å²) in [6.45, 7) is 4.77. The van der Waals surface area contributed by atoms with E-state index < -0.39 is 0 Å². The Morgan fingerprint density at radius 3 is 2.40 bits per heavy atom. The smallest absolute Gasteiger partial charge is 0.322 e. The number of carbonyl (C=O) groups is 1. The maximum absolute atomic E-state index is 11.7. The maximum Gasteiger partial charge on any atom is 0.322 e. The molecule has 1 aliphatic carbocycles. The van der Waals surface area contributed by atoms with Gasteiger partial charge in [0.05, 0.1) is 7.11 Å². The number of ether oxygens (including phenoxy) is 1. The fourth-order valence-corrected chi connectivity index (χ4v) is 2.95. The van der Waals surface area contributed by atoms with Crippen LogP contribution >= 0.6 is 0 Å². The summed E-state index contributed by atoms with van der Waals surface area (Å²) in [6, 6.07) is -0.191. The molecule has 0 aromatic carbocycles. The Bertz CT molecular complexity index is 303. The average Bonchev–Trinajstić information content (AvgIpc) is 2.37. The quantitative estimate of drug-likeness (QED) is 0.639. The van der Waals surface area contributed by atoms with Gasteiger partial charge in [-0.2, -0.15) is 0 Å². The van der Waals surface area contributed by atoms with Gasteiger partial charge in [-0.25, -0.2) is 0 Å².